The minimum atomic E-state index is -3.29. The zero-order valence-corrected chi connectivity index (χ0v) is 13.6. The van der Waals surface area contributed by atoms with Gasteiger partial charge in [-0.2, -0.15) is 0 Å². The van der Waals surface area contributed by atoms with Crippen LogP contribution in [0, 0.1) is 18.8 Å². The molecular weight excluding hydrogens is 270 g/mol. The third-order valence-corrected chi connectivity index (χ3v) is 7.10. The Hall–Kier alpha value is -0.870. The topological polar surface area (TPSA) is 46.2 Å². The molecule has 0 aliphatic heterocycles. The van der Waals surface area contributed by atoms with Crippen LogP contribution in [0.3, 0.4) is 0 Å². The molecule has 1 saturated carbocycles. The standard InChI is InChI=1S/C16H25NO2S/c1-11-9-13(3)16(14(10-11)17-4)20(18,19)15-8-6-5-7-12(15)2/h5-8,11,13-14,16-17H,9-10H2,1-4H3. The van der Waals surface area contributed by atoms with E-state index in [4.69, 9.17) is 0 Å². The Balaban J connectivity index is 2.44. The second-order valence-corrected chi connectivity index (χ2v) is 8.30. The SMILES string of the molecule is CNC1CC(C)CC(C)C1S(=O)(=O)c1ccccc1C. The van der Waals surface area contributed by atoms with Crippen molar-refractivity contribution in [1.29, 1.82) is 0 Å². The summed E-state index contributed by atoms with van der Waals surface area (Å²) >= 11 is 0. The number of benzene rings is 1. The van der Waals surface area contributed by atoms with Crippen molar-refractivity contribution in [1.82, 2.24) is 5.32 Å². The molecule has 1 aromatic rings. The molecule has 4 heteroatoms. The van der Waals surface area contributed by atoms with E-state index in [0.717, 1.165) is 18.4 Å². The van der Waals surface area contributed by atoms with E-state index in [1.165, 1.54) is 0 Å². The maximum absolute atomic E-state index is 13.1. The lowest BCUT2D eigenvalue weighted by Crippen LogP contribution is -2.50. The molecule has 1 N–H and O–H groups in total. The number of sulfone groups is 1. The van der Waals surface area contributed by atoms with Crippen LogP contribution < -0.4 is 5.32 Å². The van der Waals surface area contributed by atoms with Gasteiger partial charge in [-0.15, -0.1) is 0 Å². The van der Waals surface area contributed by atoms with E-state index in [-0.39, 0.29) is 17.2 Å². The maximum Gasteiger partial charge on any atom is 0.183 e. The van der Waals surface area contributed by atoms with Crippen molar-refractivity contribution < 1.29 is 8.42 Å². The summed E-state index contributed by atoms with van der Waals surface area (Å²) in [5, 5.41) is 2.90. The summed E-state index contributed by atoms with van der Waals surface area (Å²) in [6.07, 6.45) is 1.91. The van der Waals surface area contributed by atoms with Gasteiger partial charge in [0.15, 0.2) is 9.84 Å². The second-order valence-electron chi connectivity index (χ2n) is 6.22. The molecule has 1 fully saturated rings. The smallest absolute Gasteiger partial charge is 0.183 e. The first-order valence-corrected chi connectivity index (χ1v) is 8.89. The van der Waals surface area contributed by atoms with Gasteiger partial charge in [0.1, 0.15) is 0 Å². The summed E-state index contributed by atoms with van der Waals surface area (Å²) in [6, 6.07) is 7.35. The van der Waals surface area contributed by atoms with E-state index in [9.17, 15) is 8.42 Å². The highest BCUT2D eigenvalue weighted by Crippen LogP contribution is 2.36. The Labute approximate surface area is 122 Å². The molecule has 0 amide bonds. The monoisotopic (exact) mass is 295 g/mol. The molecule has 20 heavy (non-hydrogen) atoms. The van der Waals surface area contributed by atoms with Crippen molar-refractivity contribution in [3.63, 3.8) is 0 Å². The maximum atomic E-state index is 13.1. The van der Waals surface area contributed by atoms with Crippen molar-refractivity contribution in [2.24, 2.45) is 11.8 Å². The molecule has 4 unspecified atom stereocenters. The average Bonchev–Trinajstić information content (AvgIpc) is 2.37. The molecule has 0 aromatic heterocycles. The van der Waals surface area contributed by atoms with Gasteiger partial charge in [-0.3, -0.25) is 0 Å². The predicted octanol–water partition coefficient (Wildman–Crippen LogP) is 2.79. The third kappa shape index (κ3) is 2.77. The van der Waals surface area contributed by atoms with Crippen LogP contribution in [0.5, 0.6) is 0 Å². The van der Waals surface area contributed by atoms with Crippen LogP contribution in [0.2, 0.25) is 0 Å². The second kappa shape index (κ2) is 5.86. The minimum Gasteiger partial charge on any atom is -0.316 e. The Kier molecular flexibility index (Phi) is 4.55. The number of aryl methyl sites for hydroxylation is 1. The molecule has 1 aromatic carbocycles. The lowest BCUT2D eigenvalue weighted by molar-refractivity contribution is 0.249. The summed E-state index contributed by atoms with van der Waals surface area (Å²) in [6.45, 7) is 6.15. The highest BCUT2D eigenvalue weighted by molar-refractivity contribution is 7.92. The van der Waals surface area contributed by atoms with Gasteiger partial charge in [0, 0.05) is 6.04 Å². The van der Waals surface area contributed by atoms with E-state index in [0.29, 0.717) is 10.8 Å². The summed E-state index contributed by atoms with van der Waals surface area (Å²) in [5.41, 5.74) is 0.841. The molecule has 0 heterocycles. The zero-order valence-electron chi connectivity index (χ0n) is 12.8. The molecule has 0 bridgehead atoms. The lowest BCUT2D eigenvalue weighted by Gasteiger charge is -2.39. The average molecular weight is 295 g/mol. The molecule has 2 rings (SSSR count). The molecule has 4 atom stereocenters. The van der Waals surface area contributed by atoms with Crippen LogP contribution in [0.4, 0.5) is 0 Å². The number of nitrogens with one attached hydrogen (secondary N) is 1. The van der Waals surface area contributed by atoms with Gasteiger partial charge in [0.25, 0.3) is 0 Å². The van der Waals surface area contributed by atoms with Crippen molar-refractivity contribution in [2.45, 2.75) is 49.8 Å². The normalized spacial score (nSPS) is 31.2. The van der Waals surface area contributed by atoms with E-state index in [1.807, 2.05) is 32.2 Å². The van der Waals surface area contributed by atoms with Crippen LogP contribution >= 0.6 is 0 Å². The van der Waals surface area contributed by atoms with E-state index in [2.05, 4.69) is 19.2 Å². The number of hydrogen-bond acceptors (Lipinski definition) is 3. The summed E-state index contributed by atoms with van der Waals surface area (Å²) < 4.78 is 26.1. The van der Waals surface area contributed by atoms with Crippen LogP contribution in [0.25, 0.3) is 0 Å². The van der Waals surface area contributed by atoms with Crippen molar-refractivity contribution in [3.8, 4) is 0 Å². The fourth-order valence-electron chi connectivity index (χ4n) is 3.66. The first kappa shape index (κ1) is 15.5. The number of rotatable bonds is 3. The highest BCUT2D eigenvalue weighted by atomic mass is 32.2. The minimum absolute atomic E-state index is 0.0401. The van der Waals surface area contributed by atoms with Crippen LogP contribution in [0.15, 0.2) is 29.2 Å². The van der Waals surface area contributed by atoms with Crippen molar-refractivity contribution in [3.05, 3.63) is 29.8 Å². The molecule has 1 aliphatic rings. The van der Waals surface area contributed by atoms with Gasteiger partial charge < -0.3 is 5.32 Å². The summed E-state index contributed by atoms with van der Waals surface area (Å²) in [7, 11) is -1.42. The van der Waals surface area contributed by atoms with Crippen molar-refractivity contribution >= 4 is 9.84 Å². The Morgan fingerprint density at radius 2 is 1.80 bits per heavy atom. The first-order valence-electron chi connectivity index (χ1n) is 7.34. The van der Waals surface area contributed by atoms with Crippen LogP contribution in [-0.4, -0.2) is 26.8 Å². The van der Waals surface area contributed by atoms with Crippen LogP contribution in [0.1, 0.15) is 32.3 Å². The van der Waals surface area contributed by atoms with Gasteiger partial charge in [0.2, 0.25) is 0 Å². The Bertz CT molecular complexity index is 568. The van der Waals surface area contributed by atoms with Gasteiger partial charge in [-0.05, 0) is 50.3 Å². The molecule has 0 radical (unpaired) electrons. The summed E-state index contributed by atoms with van der Waals surface area (Å²) in [5.74, 6) is 0.756. The fourth-order valence-corrected chi connectivity index (χ4v) is 6.14. The quantitative estimate of drug-likeness (QED) is 0.932. The Morgan fingerprint density at radius 1 is 1.15 bits per heavy atom. The zero-order chi connectivity index (χ0) is 14.9. The van der Waals surface area contributed by atoms with Gasteiger partial charge in [-0.25, -0.2) is 8.42 Å². The van der Waals surface area contributed by atoms with Gasteiger partial charge >= 0.3 is 0 Å². The van der Waals surface area contributed by atoms with E-state index < -0.39 is 9.84 Å². The molecule has 1 aliphatic carbocycles. The van der Waals surface area contributed by atoms with Gasteiger partial charge in [-0.1, -0.05) is 32.0 Å². The van der Waals surface area contributed by atoms with Crippen molar-refractivity contribution in [2.75, 3.05) is 7.05 Å². The lowest BCUT2D eigenvalue weighted by atomic mass is 9.80. The first-order chi connectivity index (χ1) is 9.37. The highest BCUT2D eigenvalue weighted by Gasteiger charge is 2.42. The predicted molar refractivity (Wildman–Crippen MR) is 82.6 cm³/mol. The fraction of sp³-hybridized carbons (Fsp3) is 0.625. The van der Waals surface area contributed by atoms with E-state index in [1.54, 1.807) is 6.07 Å². The van der Waals surface area contributed by atoms with Crippen LogP contribution in [-0.2, 0) is 9.84 Å². The summed E-state index contributed by atoms with van der Waals surface area (Å²) in [4.78, 5) is 0.492. The molecule has 0 spiro atoms. The third-order valence-electron chi connectivity index (χ3n) is 4.52. The molecule has 112 valence electrons. The largest absolute Gasteiger partial charge is 0.316 e. The molecule has 0 saturated heterocycles. The number of hydrogen-bond donors (Lipinski definition) is 1. The molecular formula is C16H25NO2S. The Morgan fingerprint density at radius 3 is 2.40 bits per heavy atom. The van der Waals surface area contributed by atoms with E-state index >= 15 is 0 Å². The van der Waals surface area contributed by atoms with Gasteiger partial charge in [0.05, 0.1) is 10.1 Å². The molecule has 3 nitrogen and oxygen atoms in total.